The van der Waals surface area contributed by atoms with Crippen LogP contribution in [0.15, 0.2) is 12.2 Å². The van der Waals surface area contributed by atoms with Crippen LogP contribution in [0.25, 0.3) is 0 Å². The fourth-order valence-corrected chi connectivity index (χ4v) is 0.530. The van der Waals surface area contributed by atoms with Gasteiger partial charge in [-0.25, -0.2) is 19.5 Å². The predicted octanol–water partition coefficient (Wildman–Crippen LogP) is 2.27. The number of hydrogen-bond acceptors (Lipinski definition) is 7. The van der Waals surface area contributed by atoms with Gasteiger partial charge in [0.25, 0.3) is 0 Å². The summed E-state index contributed by atoms with van der Waals surface area (Å²) in [6.07, 6.45) is -2.24. The highest BCUT2D eigenvalue weighted by Gasteiger charge is 2.19. The monoisotopic (exact) mass is 262 g/mol. The third-order valence-electron chi connectivity index (χ3n) is 1.23. The zero-order valence-electron chi connectivity index (χ0n) is 11.1. The van der Waals surface area contributed by atoms with E-state index in [2.05, 4.69) is 21.1 Å². The van der Waals surface area contributed by atoms with E-state index >= 15 is 0 Å². The summed E-state index contributed by atoms with van der Waals surface area (Å²) in [5, 5.41) is 0. The lowest BCUT2D eigenvalue weighted by Gasteiger charge is -2.20. The maximum Gasteiger partial charge on any atom is 0.552 e. The molecule has 0 aromatic carbocycles. The minimum Gasteiger partial charge on any atom is -0.399 e. The van der Waals surface area contributed by atoms with Crippen LogP contribution in [0.4, 0.5) is 4.79 Å². The van der Waals surface area contributed by atoms with Crippen molar-refractivity contribution >= 4 is 12.1 Å². The zero-order valence-corrected chi connectivity index (χ0v) is 11.1. The van der Waals surface area contributed by atoms with Gasteiger partial charge in [0, 0.05) is 12.5 Å². The summed E-state index contributed by atoms with van der Waals surface area (Å²) in [7, 11) is 0. The molecule has 0 spiro atoms. The molecule has 104 valence electrons. The summed E-state index contributed by atoms with van der Waals surface area (Å²) in [5.74, 6) is -0.869. The molecule has 0 aliphatic heterocycles. The van der Waals surface area contributed by atoms with Crippen LogP contribution in [0.5, 0.6) is 0 Å². The van der Waals surface area contributed by atoms with E-state index in [0.29, 0.717) is 0 Å². The molecule has 18 heavy (non-hydrogen) atoms. The SMILES string of the molecule is C=C(C)C(=O)OOC(=O)OC(C)OOC(C)(C)C. The van der Waals surface area contributed by atoms with Crippen molar-refractivity contribution in [3.8, 4) is 0 Å². The van der Waals surface area contributed by atoms with Gasteiger partial charge in [-0.1, -0.05) is 6.58 Å². The van der Waals surface area contributed by atoms with E-state index in [4.69, 9.17) is 9.78 Å². The second-order valence-corrected chi connectivity index (χ2v) is 4.46. The first kappa shape index (κ1) is 16.4. The minimum atomic E-state index is -1.23. The Kier molecular flexibility index (Phi) is 6.35. The van der Waals surface area contributed by atoms with Crippen molar-refractivity contribution in [2.75, 3.05) is 0 Å². The summed E-state index contributed by atoms with van der Waals surface area (Å²) >= 11 is 0. The van der Waals surface area contributed by atoms with Crippen LogP contribution >= 0.6 is 0 Å². The molecule has 1 unspecified atom stereocenters. The molecule has 0 fully saturated rings. The van der Waals surface area contributed by atoms with E-state index in [9.17, 15) is 9.59 Å². The van der Waals surface area contributed by atoms with Gasteiger partial charge in [0.1, 0.15) is 0 Å². The van der Waals surface area contributed by atoms with Crippen molar-refractivity contribution in [2.45, 2.75) is 46.5 Å². The van der Waals surface area contributed by atoms with Gasteiger partial charge in [0.15, 0.2) is 0 Å². The van der Waals surface area contributed by atoms with Gasteiger partial charge < -0.3 is 4.74 Å². The molecular formula is C11H18O7. The van der Waals surface area contributed by atoms with Crippen molar-refractivity contribution in [2.24, 2.45) is 0 Å². The molecule has 0 amide bonds. The maximum absolute atomic E-state index is 11.0. The van der Waals surface area contributed by atoms with Gasteiger partial charge in [-0.2, -0.15) is 9.68 Å². The Morgan fingerprint density at radius 2 is 1.72 bits per heavy atom. The molecule has 0 saturated carbocycles. The molecule has 7 heteroatoms. The van der Waals surface area contributed by atoms with Gasteiger partial charge >= 0.3 is 12.1 Å². The standard InChI is InChI=1S/C11H18O7/c1-7(2)9(12)16-17-10(13)14-8(3)15-18-11(4,5)6/h8H,1H2,2-6H3. The number of ether oxygens (including phenoxy) is 1. The molecule has 0 saturated heterocycles. The largest absolute Gasteiger partial charge is 0.552 e. The van der Waals surface area contributed by atoms with Gasteiger partial charge in [-0.05, 0) is 27.7 Å². The maximum atomic E-state index is 11.0. The van der Waals surface area contributed by atoms with Crippen LogP contribution < -0.4 is 0 Å². The average Bonchev–Trinajstić information content (AvgIpc) is 2.22. The Morgan fingerprint density at radius 1 is 1.17 bits per heavy atom. The van der Waals surface area contributed by atoms with Crippen LogP contribution in [-0.4, -0.2) is 24.0 Å². The first-order chi connectivity index (χ1) is 8.11. The fraction of sp³-hybridized carbons (Fsp3) is 0.636. The Morgan fingerprint density at radius 3 is 2.17 bits per heavy atom. The lowest BCUT2D eigenvalue weighted by Crippen LogP contribution is -2.26. The minimum absolute atomic E-state index is 0.0863. The molecule has 1 atom stereocenters. The van der Waals surface area contributed by atoms with Gasteiger partial charge in [-0.15, -0.1) is 0 Å². The van der Waals surface area contributed by atoms with Crippen LogP contribution in [0.1, 0.15) is 34.6 Å². The third-order valence-corrected chi connectivity index (χ3v) is 1.23. The summed E-state index contributed by atoms with van der Waals surface area (Å²) in [5.41, 5.74) is -0.461. The molecule has 7 nitrogen and oxygen atoms in total. The van der Waals surface area contributed by atoms with Gasteiger partial charge in [-0.3, -0.25) is 0 Å². The molecule has 0 radical (unpaired) electrons. The molecule has 0 N–H and O–H groups in total. The van der Waals surface area contributed by atoms with Crippen LogP contribution in [0.2, 0.25) is 0 Å². The van der Waals surface area contributed by atoms with E-state index in [1.165, 1.54) is 13.8 Å². The van der Waals surface area contributed by atoms with Crippen LogP contribution in [0.3, 0.4) is 0 Å². The van der Waals surface area contributed by atoms with E-state index in [0.717, 1.165) is 0 Å². The Balaban J connectivity index is 3.88. The quantitative estimate of drug-likeness (QED) is 0.253. The first-order valence-corrected chi connectivity index (χ1v) is 5.21. The van der Waals surface area contributed by atoms with E-state index in [-0.39, 0.29) is 5.57 Å². The van der Waals surface area contributed by atoms with E-state index in [1.54, 1.807) is 20.8 Å². The van der Waals surface area contributed by atoms with Crippen molar-refractivity contribution in [3.05, 3.63) is 12.2 Å². The fourth-order valence-electron chi connectivity index (χ4n) is 0.530. The highest BCUT2D eigenvalue weighted by Crippen LogP contribution is 2.10. The predicted molar refractivity (Wildman–Crippen MR) is 59.9 cm³/mol. The molecule has 0 aromatic rings. The van der Waals surface area contributed by atoms with Crippen LogP contribution in [0, 0.1) is 0 Å². The Bertz CT molecular complexity index is 316. The summed E-state index contributed by atoms with van der Waals surface area (Å²) in [4.78, 5) is 39.7. The summed E-state index contributed by atoms with van der Waals surface area (Å²) in [6.45, 7) is 11.4. The molecule has 0 aromatic heterocycles. The zero-order chi connectivity index (χ0) is 14.3. The second-order valence-electron chi connectivity index (χ2n) is 4.46. The Labute approximate surface area is 105 Å². The smallest absolute Gasteiger partial charge is 0.399 e. The van der Waals surface area contributed by atoms with Crippen molar-refractivity contribution in [3.63, 3.8) is 0 Å². The van der Waals surface area contributed by atoms with Gasteiger partial charge in [0.05, 0.1) is 5.60 Å². The number of hydrogen-bond donors (Lipinski definition) is 0. The molecule has 0 aliphatic carbocycles. The first-order valence-electron chi connectivity index (χ1n) is 5.21. The number of carbonyl (C=O) groups excluding carboxylic acids is 2. The van der Waals surface area contributed by atoms with E-state index < -0.39 is 24.0 Å². The van der Waals surface area contributed by atoms with Crippen molar-refractivity contribution in [1.29, 1.82) is 0 Å². The van der Waals surface area contributed by atoms with Crippen LogP contribution in [-0.2, 0) is 29.1 Å². The Hall–Kier alpha value is -1.60. The second kappa shape index (κ2) is 6.97. The normalized spacial score (nSPS) is 12.5. The highest BCUT2D eigenvalue weighted by atomic mass is 17.3. The lowest BCUT2D eigenvalue weighted by atomic mass is 10.2. The summed E-state index contributed by atoms with van der Waals surface area (Å²) < 4.78 is 4.56. The molecule has 0 rings (SSSR count). The van der Waals surface area contributed by atoms with Crippen molar-refractivity contribution < 1.29 is 33.9 Å². The highest BCUT2D eigenvalue weighted by molar-refractivity contribution is 5.86. The van der Waals surface area contributed by atoms with E-state index in [1.807, 2.05) is 0 Å². The molecular weight excluding hydrogens is 244 g/mol. The summed E-state index contributed by atoms with van der Waals surface area (Å²) in [6, 6.07) is 0. The third kappa shape index (κ3) is 8.54. The van der Waals surface area contributed by atoms with Gasteiger partial charge in [0.2, 0.25) is 6.29 Å². The molecule has 0 heterocycles. The number of rotatable bonds is 4. The average molecular weight is 262 g/mol. The molecule has 0 bridgehead atoms. The molecule has 0 aliphatic rings. The lowest BCUT2D eigenvalue weighted by molar-refractivity contribution is -0.407. The van der Waals surface area contributed by atoms with Crippen molar-refractivity contribution in [1.82, 2.24) is 0 Å². The topological polar surface area (TPSA) is 80.3 Å². The number of carbonyl (C=O) groups is 2.